The Balaban J connectivity index is 1.68. The summed E-state index contributed by atoms with van der Waals surface area (Å²) in [5, 5.41) is 2.71. The van der Waals surface area contributed by atoms with Crippen molar-refractivity contribution in [2.24, 2.45) is 5.92 Å². The maximum absolute atomic E-state index is 12.9. The van der Waals surface area contributed by atoms with Crippen LogP contribution in [0.3, 0.4) is 0 Å². The van der Waals surface area contributed by atoms with Gasteiger partial charge in [0.25, 0.3) is 17.7 Å². The maximum atomic E-state index is 12.9. The number of benzene rings is 2. The quantitative estimate of drug-likeness (QED) is 0.561. The number of rotatable bonds is 7. The van der Waals surface area contributed by atoms with Gasteiger partial charge in [-0.1, -0.05) is 56.3 Å². The average Bonchev–Trinajstić information content (AvgIpc) is 2.98. The zero-order valence-corrected chi connectivity index (χ0v) is 17.1. The Morgan fingerprint density at radius 1 is 0.900 bits per heavy atom. The number of hydrogen-bond acceptors (Lipinski definition) is 5. The van der Waals surface area contributed by atoms with Gasteiger partial charge in [0.2, 0.25) is 0 Å². The number of carbonyl (C=O) groups excluding carboxylic acids is 4. The molecular formula is C23H24N2O5. The van der Waals surface area contributed by atoms with Crippen LogP contribution in [-0.4, -0.2) is 40.7 Å². The van der Waals surface area contributed by atoms with Crippen molar-refractivity contribution in [2.45, 2.75) is 39.5 Å². The number of fused-ring (bicyclic) bond motifs is 1. The topological polar surface area (TPSA) is 92.8 Å². The van der Waals surface area contributed by atoms with Gasteiger partial charge in [-0.25, -0.2) is 4.79 Å². The first-order valence-corrected chi connectivity index (χ1v) is 9.80. The highest BCUT2D eigenvalue weighted by Crippen LogP contribution is 2.27. The molecular weight excluding hydrogens is 384 g/mol. The predicted molar refractivity (Wildman–Crippen MR) is 109 cm³/mol. The maximum Gasteiger partial charge on any atom is 0.330 e. The van der Waals surface area contributed by atoms with Gasteiger partial charge in [-0.15, -0.1) is 0 Å². The van der Waals surface area contributed by atoms with Crippen LogP contribution in [0.25, 0.3) is 0 Å². The highest BCUT2D eigenvalue weighted by Gasteiger charge is 2.45. The van der Waals surface area contributed by atoms with Crippen LogP contribution in [0.1, 0.15) is 47.1 Å². The van der Waals surface area contributed by atoms with E-state index in [4.69, 9.17) is 4.74 Å². The molecule has 0 unspecified atom stereocenters. The summed E-state index contributed by atoms with van der Waals surface area (Å²) in [6, 6.07) is 14.6. The summed E-state index contributed by atoms with van der Waals surface area (Å²) in [6.07, 6.45) is -1.07. The molecule has 30 heavy (non-hydrogen) atoms. The third-order valence-electron chi connectivity index (χ3n) is 4.95. The molecule has 3 amide bonds. The van der Waals surface area contributed by atoms with E-state index in [0.29, 0.717) is 6.54 Å². The molecule has 0 aliphatic carbocycles. The van der Waals surface area contributed by atoms with Gasteiger partial charge < -0.3 is 10.1 Å². The van der Waals surface area contributed by atoms with Crippen LogP contribution in [0.5, 0.6) is 0 Å². The fourth-order valence-corrected chi connectivity index (χ4v) is 3.36. The highest BCUT2D eigenvalue weighted by molar-refractivity contribution is 6.22. The average molecular weight is 408 g/mol. The van der Waals surface area contributed by atoms with E-state index in [1.807, 2.05) is 30.3 Å². The fourth-order valence-electron chi connectivity index (χ4n) is 3.36. The summed E-state index contributed by atoms with van der Waals surface area (Å²) in [5.74, 6) is -2.71. The third-order valence-corrected chi connectivity index (χ3v) is 4.95. The van der Waals surface area contributed by atoms with Gasteiger partial charge in [-0.3, -0.25) is 19.3 Å². The van der Waals surface area contributed by atoms with Crippen LogP contribution in [0.4, 0.5) is 0 Å². The number of ether oxygens (including phenoxy) is 1. The summed E-state index contributed by atoms with van der Waals surface area (Å²) in [5.41, 5.74) is 1.43. The molecule has 2 aromatic carbocycles. The number of amides is 3. The Bertz CT molecular complexity index is 936. The molecule has 3 rings (SSSR count). The number of esters is 1. The normalized spacial score (nSPS) is 15.0. The molecule has 0 radical (unpaired) electrons. The molecule has 1 N–H and O–H groups in total. The Labute approximate surface area is 175 Å². The van der Waals surface area contributed by atoms with Crippen molar-refractivity contribution in [1.29, 1.82) is 0 Å². The summed E-state index contributed by atoms with van der Waals surface area (Å²) < 4.78 is 5.33. The van der Waals surface area contributed by atoms with E-state index >= 15 is 0 Å². The number of imide groups is 1. The molecule has 7 heteroatoms. The van der Waals surface area contributed by atoms with Gasteiger partial charge in [0.1, 0.15) is 6.04 Å². The van der Waals surface area contributed by atoms with Crippen molar-refractivity contribution in [3.63, 3.8) is 0 Å². The summed E-state index contributed by atoms with van der Waals surface area (Å²) in [7, 11) is 0. The summed E-state index contributed by atoms with van der Waals surface area (Å²) in [4.78, 5) is 51.6. The largest absolute Gasteiger partial charge is 0.451 e. The monoisotopic (exact) mass is 408 g/mol. The summed E-state index contributed by atoms with van der Waals surface area (Å²) in [6.45, 7) is 5.19. The number of nitrogens with zero attached hydrogens (tertiary/aromatic N) is 1. The number of nitrogens with one attached hydrogen (secondary N) is 1. The molecule has 0 saturated heterocycles. The SMILES string of the molecule is CC(C)[C@@H](C(=O)O[C@H](C)C(=O)NCc1ccccc1)N1C(=O)c2ccccc2C1=O. The van der Waals surface area contributed by atoms with Crippen LogP contribution < -0.4 is 5.32 Å². The minimum Gasteiger partial charge on any atom is -0.451 e. The Morgan fingerprint density at radius 2 is 1.43 bits per heavy atom. The Morgan fingerprint density at radius 3 is 1.97 bits per heavy atom. The Kier molecular flexibility index (Phi) is 6.30. The minimum absolute atomic E-state index is 0.259. The highest BCUT2D eigenvalue weighted by atomic mass is 16.5. The molecule has 0 spiro atoms. The van der Waals surface area contributed by atoms with Gasteiger partial charge in [0, 0.05) is 6.54 Å². The van der Waals surface area contributed by atoms with Gasteiger partial charge in [0.05, 0.1) is 11.1 Å². The van der Waals surface area contributed by atoms with Gasteiger partial charge in [-0.2, -0.15) is 0 Å². The first-order chi connectivity index (χ1) is 14.3. The van der Waals surface area contributed by atoms with Crippen molar-refractivity contribution in [2.75, 3.05) is 0 Å². The molecule has 1 heterocycles. The van der Waals surface area contributed by atoms with Crippen LogP contribution in [0.15, 0.2) is 54.6 Å². The second-order valence-electron chi connectivity index (χ2n) is 7.50. The van der Waals surface area contributed by atoms with Crippen molar-refractivity contribution in [3.8, 4) is 0 Å². The fraction of sp³-hybridized carbons (Fsp3) is 0.304. The molecule has 0 aromatic heterocycles. The lowest BCUT2D eigenvalue weighted by Crippen LogP contribution is -2.50. The predicted octanol–water partition coefficient (Wildman–Crippen LogP) is 2.56. The van der Waals surface area contributed by atoms with E-state index < -0.39 is 35.8 Å². The van der Waals surface area contributed by atoms with Crippen LogP contribution >= 0.6 is 0 Å². The van der Waals surface area contributed by atoms with Crippen molar-refractivity contribution < 1.29 is 23.9 Å². The van der Waals surface area contributed by atoms with Crippen LogP contribution in [-0.2, 0) is 20.9 Å². The lowest BCUT2D eigenvalue weighted by Gasteiger charge is -2.28. The van der Waals surface area contributed by atoms with Gasteiger partial charge in [0.15, 0.2) is 6.10 Å². The summed E-state index contributed by atoms with van der Waals surface area (Å²) >= 11 is 0. The number of carbonyl (C=O) groups is 4. The second-order valence-corrected chi connectivity index (χ2v) is 7.50. The molecule has 2 aromatic rings. The van der Waals surface area contributed by atoms with Gasteiger partial charge >= 0.3 is 5.97 Å². The standard InChI is InChI=1S/C23H24N2O5/c1-14(2)19(25-21(27)17-11-7-8-12-18(17)22(25)28)23(29)30-15(3)20(26)24-13-16-9-5-4-6-10-16/h4-12,14-15,19H,13H2,1-3H3,(H,24,26)/t15-,19+/m1/s1. The molecule has 156 valence electrons. The molecule has 1 aliphatic heterocycles. The zero-order chi connectivity index (χ0) is 21.8. The minimum atomic E-state index is -1.12. The molecule has 2 atom stereocenters. The molecule has 0 saturated carbocycles. The first-order valence-electron chi connectivity index (χ1n) is 9.80. The van der Waals surface area contributed by atoms with Crippen LogP contribution in [0.2, 0.25) is 0 Å². The zero-order valence-electron chi connectivity index (χ0n) is 17.1. The van der Waals surface area contributed by atoms with Crippen molar-refractivity contribution in [3.05, 3.63) is 71.3 Å². The molecule has 0 fully saturated rings. The molecule has 0 bridgehead atoms. The van der Waals surface area contributed by atoms with Crippen molar-refractivity contribution >= 4 is 23.7 Å². The lowest BCUT2D eigenvalue weighted by atomic mass is 10.0. The van der Waals surface area contributed by atoms with E-state index in [2.05, 4.69) is 5.32 Å². The Hall–Kier alpha value is -3.48. The van der Waals surface area contributed by atoms with E-state index in [9.17, 15) is 19.2 Å². The lowest BCUT2D eigenvalue weighted by molar-refractivity contribution is -0.159. The third kappa shape index (κ3) is 4.25. The van der Waals surface area contributed by atoms with E-state index in [0.717, 1.165) is 10.5 Å². The molecule has 1 aliphatic rings. The smallest absolute Gasteiger partial charge is 0.330 e. The van der Waals surface area contributed by atoms with E-state index in [-0.39, 0.29) is 17.0 Å². The van der Waals surface area contributed by atoms with Crippen LogP contribution in [0, 0.1) is 5.92 Å². The van der Waals surface area contributed by atoms with E-state index in [1.54, 1.807) is 38.1 Å². The van der Waals surface area contributed by atoms with Gasteiger partial charge in [-0.05, 0) is 30.5 Å². The molecule has 7 nitrogen and oxygen atoms in total. The van der Waals surface area contributed by atoms with E-state index in [1.165, 1.54) is 6.92 Å². The number of hydrogen-bond donors (Lipinski definition) is 1. The second kappa shape index (κ2) is 8.90. The van der Waals surface area contributed by atoms with Crippen molar-refractivity contribution in [1.82, 2.24) is 10.2 Å². The first kappa shape index (κ1) is 21.2.